The van der Waals surface area contributed by atoms with Crippen LogP contribution in [0.15, 0.2) is 29.4 Å². The number of hydrogen-bond donors (Lipinski definition) is 2. The highest BCUT2D eigenvalue weighted by Crippen LogP contribution is 2.30. The van der Waals surface area contributed by atoms with Crippen LogP contribution < -0.4 is 5.32 Å². The van der Waals surface area contributed by atoms with Crippen molar-refractivity contribution in [2.45, 2.75) is 18.5 Å². The summed E-state index contributed by atoms with van der Waals surface area (Å²) in [5, 5.41) is 24.2. The van der Waals surface area contributed by atoms with Crippen LogP contribution in [-0.4, -0.2) is 61.6 Å². The monoisotopic (exact) mass is 362 g/mol. The molecule has 2 amide bonds. The predicted molar refractivity (Wildman–Crippen MR) is 91.9 cm³/mol. The van der Waals surface area contributed by atoms with Crippen molar-refractivity contribution in [1.29, 1.82) is 0 Å². The van der Waals surface area contributed by atoms with Gasteiger partial charge in [-0.05, 0) is 48.2 Å². The molecule has 1 unspecified atom stereocenters. The molecule has 9 nitrogen and oxygen atoms in total. The first kappa shape index (κ1) is 17.2. The molecule has 10 heteroatoms. The van der Waals surface area contributed by atoms with E-state index in [2.05, 4.69) is 20.8 Å². The van der Waals surface area contributed by atoms with E-state index >= 15 is 0 Å². The van der Waals surface area contributed by atoms with Gasteiger partial charge in [-0.25, -0.2) is 4.79 Å². The lowest BCUT2D eigenvalue weighted by Gasteiger charge is -2.20. The van der Waals surface area contributed by atoms with E-state index in [1.165, 1.54) is 16.7 Å². The van der Waals surface area contributed by atoms with Crippen LogP contribution in [0.2, 0.25) is 0 Å². The number of nitrogens with one attached hydrogen (secondary N) is 1. The van der Waals surface area contributed by atoms with E-state index in [-0.39, 0.29) is 12.6 Å². The molecule has 1 fully saturated rings. The normalized spacial score (nSPS) is 19.8. The van der Waals surface area contributed by atoms with Gasteiger partial charge in [-0.3, -0.25) is 4.79 Å². The first-order valence-corrected chi connectivity index (χ1v) is 8.87. The molecule has 1 saturated heterocycles. The number of carbonyl (C=O) groups is 2. The van der Waals surface area contributed by atoms with Crippen molar-refractivity contribution < 1.29 is 14.7 Å². The van der Waals surface area contributed by atoms with Gasteiger partial charge in [-0.15, -0.1) is 5.10 Å². The Labute approximate surface area is 148 Å². The minimum absolute atomic E-state index is 0.192. The zero-order valence-electron chi connectivity index (χ0n) is 13.8. The van der Waals surface area contributed by atoms with E-state index in [4.69, 9.17) is 0 Å². The molecule has 2 heterocycles. The number of carboxylic acid groups (broad SMARTS) is 1. The summed E-state index contributed by atoms with van der Waals surface area (Å²) in [6.07, 6.45) is 2.32. The van der Waals surface area contributed by atoms with Crippen molar-refractivity contribution in [3.05, 3.63) is 24.3 Å². The van der Waals surface area contributed by atoms with E-state index in [1.54, 1.807) is 29.8 Å². The number of thioether (sulfide) groups is 1. The van der Waals surface area contributed by atoms with Crippen molar-refractivity contribution in [2.75, 3.05) is 24.7 Å². The molecule has 3 rings (SSSR count). The average molecular weight is 362 g/mol. The van der Waals surface area contributed by atoms with Crippen LogP contribution >= 0.6 is 11.8 Å². The fraction of sp³-hybridized carbons (Fsp3) is 0.400. The molecule has 1 aliphatic rings. The Kier molecular flexibility index (Phi) is 4.62. The standard InChI is InChI=1S/C15H18N6O3S/c1-15(12(22)23)6-7-20(9-15)13(24)16-10-4-3-5-11(8-10)21-14(25-2)17-18-19-21/h3-5,8H,6-7,9H2,1-2H3,(H,16,24)(H,22,23). The molecule has 0 spiro atoms. The lowest BCUT2D eigenvalue weighted by atomic mass is 9.90. The molecular formula is C15H18N6O3S. The van der Waals surface area contributed by atoms with Gasteiger partial charge in [0.05, 0.1) is 11.1 Å². The van der Waals surface area contributed by atoms with Crippen LogP contribution in [0.25, 0.3) is 5.69 Å². The Balaban J connectivity index is 1.73. The number of anilines is 1. The summed E-state index contributed by atoms with van der Waals surface area (Å²) >= 11 is 1.42. The van der Waals surface area contributed by atoms with Gasteiger partial charge in [0.2, 0.25) is 5.16 Å². The highest BCUT2D eigenvalue weighted by atomic mass is 32.2. The number of rotatable bonds is 4. The van der Waals surface area contributed by atoms with Crippen molar-refractivity contribution in [3.8, 4) is 5.69 Å². The molecule has 0 radical (unpaired) electrons. The van der Waals surface area contributed by atoms with Crippen LogP contribution in [0.4, 0.5) is 10.5 Å². The van der Waals surface area contributed by atoms with E-state index in [0.29, 0.717) is 23.8 Å². The number of hydrogen-bond acceptors (Lipinski definition) is 6. The molecule has 1 aromatic carbocycles. The Bertz CT molecular complexity index is 810. The number of carbonyl (C=O) groups excluding carboxylic acids is 1. The fourth-order valence-electron chi connectivity index (χ4n) is 2.70. The maximum Gasteiger partial charge on any atom is 0.321 e. The van der Waals surface area contributed by atoms with Gasteiger partial charge in [0, 0.05) is 18.8 Å². The summed E-state index contributed by atoms with van der Waals surface area (Å²) in [4.78, 5) is 25.2. The summed E-state index contributed by atoms with van der Waals surface area (Å²) < 4.78 is 1.58. The van der Waals surface area contributed by atoms with Crippen molar-refractivity contribution in [2.24, 2.45) is 5.41 Å². The van der Waals surface area contributed by atoms with Crippen molar-refractivity contribution >= 4 is 29.4 Å². The zero-order valence-corrected chi connectivity index (χ0v) is 14.7. The third kappa shape index (κ3) is 3.43. The van der Waals surface area contributed by atoms with Crippen molar-refractivity contribution in [1.82, 2.24) is 25.1 Å². The molecule has 25 heavy (non-hydrogen) atoms. The lowest BCUT2D eigenvalue weighted by molar-refractivity contribution is -0.146. The number of urea groups is 1. The van der Waals surface area contributed by atoms with Crippen LogP contribution in [-0.2, 0) is 4.79 Å². The number of nitrogens with zero attached hydrogens (tertiary/aromatic N) is 5. The number of aromatic nitrogens is 4. The average Bonchev–Trinajstić information content (AvgIpc) is 3.22. The maximum atomic E-state index is 12.4. The maximum absolute atomic E-state index is 12.4. The van der Waals surface area contributed by atoms with E-state index in [9.17, 15) is 14.7 Å². The van der Waals surface area contributed by atoms with Crippen LogP contribution in [0, 0.1) is 5.41 Å². The quantitative estimate of drug-likeness (QED) is 0.796. The van der Waals surface area contributed by atoms with Crippen molar-refractivity contribution in [3.63, 3.8) is 0 Å². The van der Waals surface area contributed by atoms with Gasteiger partial charge in [-0.2, -0.15) is 4.68 Å². The fourth-order valence-corrected chi connectivity index (χ4v) is 3.13. The Morgan fingerprint density at radius 3 is 2.88 bits per heavy atom. The van der Waals surface area contributed by atoms with Gasteiger partial charge in [-0.1, -0.05) is 17.8 Å². The van der Waals surface area contributed by atoms with Gasteiger partial charge in [0.15, 0.2) is 0 Å². The Hall–Kier alpha value is -2.62. The number of aliphatic carboxylic acids is 1. The van der Waals surface area contributed by atoms with Gasteiger partial charge < -0.3 is 15.3 Å². The second-order valence-electron chi connectivity index (χ2n) is 6.10. The molecule has 0 saturated carbocycles. The van der Waals surface area contributed by atoms with E-state index in [1.807, 2.05) is 12.3 Å². The predicted octanol–water partition coefficient (Wildman–Crippen LogP) is 1.71. The summed E-state index contributed by atoms with van der Waals surface area (Å²) in [7, 11) is 0. The highest BCUT2D eigenvalue weighted by molar-refractivity contribution is 7.98. The Morgan fingerprint density at radius 1 is 1.40 bits per heavy atom. The van der Waals surface area contributed by atoms with Gasteiger partial charge in [0.1, 0.15) is 0 Å². The molecular weight excluding hydrogens is 344 g/mol. The lowest BCUT2D eigenvalue weighted by Crippen LogP contribution is -2.37. The summed E-state index contributed by atoms with van der Waals surface area (Å²) in [6.45, 7) is 2.26. The third-order valence-electron chi connectivity index (χ3n) is 4.24. The van der Waals surface area contributed by atoms with E-state index in [0.717, 1.165) is 5.69 Å². The molecule has 132 valence electrons. The minimum atomic E-state index is -0.890. The summed E-state index contributed by atoms with van der Waals surface area (Å²) in [6, 6.07) is 6.84. The number of likely N-dealkylation sites (tertiary alicyclic amines) is 1. The number of tetrazole rings is 1. The van der Waals surface area contributed by atoms with Crippen LogP contribution in [0.1, 0.15) is 13.3 Å². The first-order valence-electron chi connectivity index (χ1n) is 7.65. The highest BCUT2D eigenvalue weighted by Gasteiger charge is 2.42. The largest absolute Gasteiger partial charge is 0.481 e. The smallest absolute Gasteiger partial charge is 0.321 e. The molecule has 0 bridgehead atoms. The first-order chi connectivity index (χ1) is 11.9. The SMILES string of the molecule is CSc1nnnn1-c1cccc(NC(=O)N2CCC(C)(C(=O)O)C2)c1. The second-order valence-corrected chi connectivity index (χ2v) is 6.87. The molecule has 2 aromatic rings. The molecule has 1 aromatic heterocycles. The number of benzene rings is 1. The second kappa shape index (κ2) is 6.71. The molecule has 0 aliphatic carbocycles. The Morgan fingerprint density at radius 2 is 2.20 bits per heavy atom. The van der Waals surface area contributed by atoms with Gasteiger partial charge >= 0.3 is 12.0 Å². The number of amides is 2. The summed E-state index contributed by atoms with van der Waals surface area (Å²) in [5.41, 5.74) is 0.427. The van der Waals surface area contributed by atoms with E-state index < -0.39 is 11.4 Å². The van der Waals surface area contributed by atoms with Crippen LogP contribution in [0.5, 0.6) is 0 Å². The molecule has 2 N–H and O–H groups in total. The molecule has 1 atom stereocenters. The van der Waals surface area contributed by atoms with Crippen LogP contribution in [0.3, 0.4) is 0 Å². The molecule has 1 aliphatic heterocycles. The third-order valence-corrected chi connectivity index (χ3v) is 4.86. The number of carboxylic acids is 1. The minimum Gasteiger partial charge on any atom is -0.481 e. The zero-order chi connectivity index (χ0) is 18.0. The topological polar surface area (TPSA) is 113 Å². The summed E-state index contributed by atoms with van der Waals surface area (Å²) in [5.74, 6) is -0.881. The van der Waals surface area contributed by atoms with Gasteiger partial charge in [0.25, 0.3) is 0 Å².